The number of hydrazone groups is 1. The number of benzene rings is 1. The maximum Gasteiger partial charge on any atom is 0.427 e. The molecule has 0 unspecified atom stereocenters. The molecule has 0 aliphatic heterocycles. The number of rotatable bonds is 5. The Morgan fingerprint density at radius 1 is 1.38 bits per heavy atom. The number of aryl methyl sites for hydroxylation is 1. The number of carbonyl (C=O) groups is 1. The molecule has 2 rings (SSSR count). The molecule has 0 saturated heterocycles. The molecule has 0 saturated carbocycles. The average Bonchev–Trinajstić information content (AvgIpc) is 2.79. The first kappa shape index (κ1) is 18.6. The summed E-state index contributed by atoms with van der Waals surface area (Å²) in [5, 5.41) is 9.58. The van der Waals surface area contributed by atoms with Crippen LogP contribution in [0.25, 0.3) is 0 Å². The fraction of sp³-hybridized carbons (Fsp3) is 0.267. The molecule has 1 aromatic heterocycles. The second kappa shape index (κ2) is 8.37. The lowest BCUT2D eigenvalue weighted by Gasteiger charge is -2.08. The molecule has 0 bridgehead atoms. The van der Waals surface area contributed by atoms with Crippen LogP contribution in [-0.4, -0.2) is 28.7 Å². The third-order valence-electron chi connectivity index (χ3n) is 3.10. The van der Waals surface area contributed by atoms with Gasteiger partial charge in [-0.2, -0.15) is 10.2 Å². The summed E-state index contributed by atoms with van der Waals surface area (Å²) in [6, 6.07) is 5.26. The SMILES string of the molecule is CCOC(=O)N/N=C\c1c(C)nn(Cc2c(Cl)cccc2Cl)c1Cl. The molecule has 0 radical (unpaired) electrons. The Labute approximate surface area is 154 Å². The third kappa shape index (κ3) is 4.41. The van der Waals surface area contributed by atoms with E-state index in [1.807, 2.05) is 0 Å². The van der Waals surface area contributed by atoms with Gasteiger partial charge in [-0.15, -0.1) is 0 Å². The Morgan fingerprint density at radius 2 is 2.04 bits per heavy atom. The number of nitrogens with one attached hydrogen (secondary N) is 1. The lowest BCUT2D eigenvalue weighted by molar-refractivity contribution is 0.152. The number of halogens is 3. The van der Waals surface area contributed by atoms with Crippen LogP contribution in [0.4, 0.5) is 4.79 Å². The van der Waals surface area contributed by atoms with E-state index in [4.69, 9.17) is 39.5 Å². The molecule has 1 aromatic carbocycles. The van der Waals surface area contributed by atoms with Crippen molar-refractivity contribution in [2.24, 2.45) is 5.10 Å². The van der Waals surface area contributed by atoms with Crippen LogP contribution in [0.5, 0.6) is 0 Å². The van der Waals surface area contributed by atoms with E-state index >= 15 is 0 Å². The number of hydrogen-bond donors (Lipinski definition) is 1. The average molecular weight is 390 g/mol. The van der Waals surface area contributed by atoms with Gasteiger partial charge in [-0.1, -0.05) is 40.9 Å². The highest BCUT2D eigenvalue weighted by molar-refractivity contribution is 6.36. The summed E-state index contributed by atoms with van der Waals surface area (Å²) in [6.07, 6.45) is 0.768. The van der Waals surface area contributed by atoms with Gasteiger partial charge in [0.1, 0.15) is 5.15 Å². The van der Waals surface area contributed by atoms with Gasteiger partial charge in [0.25, 0.3) is 0 Å². The molecule has 24 heavy (non-hydrogen) atoms. The Morgan fingerprint density at radius 3 is 2.67 bits per heavy atom. The van der Waals surface area contributed by atoms with Crippen LogP contribution >= 0.6 is 34.8 Å². The minimum absolute atomic E-state index is 0.262. The van der Waals surface area contributed by atoms with Gasteiger partial charge in [0, 0.05) is 15.6 Å². The predicted octanol–water partition coefficient (Wildman–Crippen LogP) is 4.28. The van der Waals surface area contributed by atoms with Crippen LogP contribution in [0.15, 0.2) is 23.3 Å². The Bertz CT molecular complexity index is 754. The molecular formula is C15H15Cl3N4O2. The summed E-state index contributed by atoms with van der Waals surface area (Å²) in [6.45, 7) is 4.06. The Kier molecular flexibility index (Phi) is 6.48. The van der Waals surface area contributed by atoms with Crippen molar-refractivity contribution in [1.82, 2.24) is 15.2 Å². The molecule has 128 valence electrons. The fourth-order valence-corrected chi connectivity index (χ4v) is 2.76. The molecule has 1 N–H and O–H groups in total. The molecule has 6 nitrogen and oxygen atoms in total. The lowest BCUT2D eigenvalue weighted by atomic mass is 10.2. The van der Waals surface area contributed by atoms with Crippen molar-refractivity contribution >= 4 is 47.1 Å². The van der Waals surface area contributed by atoms with Crippen LogP contribution in [-0.2, 0) is 11.3 Å². The number of nitrogens with zero attached hydrogens (tertiary/aromatic N) is 3. The van der Waals surface area contributed by atoms with Crippen LogP contribution in [0.1, 0.15) is 23.7 Å². The van der Waals surface area contributed by atoms with E-state index in [1.54, 1.807) is 36.7 Å². The molecule has 1 heterocycles. The molecule has 1 amide bonds. The number of carbonyl (C=O) groups excluding carboxylic acids is 1. The quantitative estimate of drug-likeness (QED) is 0.613. The highest BCUT2D eigenvalue weighted by atomic mass is 35.5. The highest BCUT2D eigenvalue weighted by Gasteiger charge is 2.15. The largest absolute Gasteiger partial charge is 0.449 e. The van der Waals surface area contributed by atoms with Crippen molar-refractivity contribution in [2.45, 2.75) is 20.4 Å². The fourth-order valence-electron chi connectivity index (χ4n) is 1.96. The second-order valence-corrected chi connectivity index (χ2v) is 5.91. The van der Waals surface area contributed by atoms with Crippen molar-refractivity contribution in [3.05, 3.63) is 50.2 Å². The Balaban J connectivity index is 2.20. The van der Waals surface area contributed by atoms with E-state index in [0.29, 0.717) is 33.0 Å². The minimum Gasteiger partial charge on any atom is -0.449 e. The lowest BCUT2D eigenvalue weighted by Crippen LogP contribution is -2.18. The van der Waals surface area contributed by atoms with Crippen molar-refractivity contribution in [2.75, 3.05) is 6.61 Å². The van der Waals surface area contributed by atoms with Crippen molar-refractivity contribution < 1.29 is 9.53 Å². The number of amides is 1. The normalized spacial score (nSPS) is 11.0. The van der Waals surface area contributed by atoms with Gasteiger partial charge >= 0.3 is 6.09 Å². The maximum absolute atomic E-state index is 11.2. The number of ether oxygens (including phenoxy) is 1. The summed E-state index contributed by atoms with van der Waals surface area (Å²) < 4.78 is 6.27. The minimum atomic E-state index is -0.641. The predicted molar refractivity (Wildman–Crippen MR) is 95.3 cm³/mol. The molecule has 0 aliphatic carbocycles. The summed E-state index contributed by atoms with van der Waals surface area (Å²) >= 11 is 18.7. The molecular weight excluding hydrogens is 375 g/mol. The first-order chi connectivity index (χ1) is 11.4. The zero-order chi connectivity index (χ0) is 17.7. The van der Waals surface area contributed by atoms with Crippen LogP contribution in [0, 0.1) is 6.92 Å². The van der Waals surface area contributed by atoms with Gasteiger partial charge in [-0.25, -0.2) is 14.9 Å². The zero-order valence-electron chi connectivity index (χ0n) is 13.0. The number of aromatic nitrogens is 2. The molecule has 0 aliphatic rings. The summed E-state index contributed by atoms with van der Waals surface area (Å²) in [4.78, 5) is 11.2. The van der Waals surface area contributed by atoms with E-state index in [9.17, 15) is 4.79 Å². The van der Waals surface area contributed by atoms with Gasteiger partial charge in [-0.05, 0) is 26.0 Å². The highest BCUT2D eigenvalue weighted by Crippen LogP contribution is 2.27. The van der Waals surface area contributed by atoms with Gasteiger partial charge < -0.3 is 4.74 Å². The summed E-state index contributed by atoms with van der Waals surface area (Å²) in [7, 11) is 0. The number of hydrogen-bond acceptors (Lipinski definition) is 4. The monoisotopic (exact) mass is 388 g/mol. The molecule has 9 heteroatoms. The maximum atomic E-state index is 11.2. The topological polar surface area (TPSA) is 68.5 Å². The first-order valence-corrected chi connectivity index (χ1v) is 8.19. The van der Waals surface area contributed by atoms with E-state index in [2.05, 4.69) is 15.6 Å². The van der Waals surface area contributed by atoms with E-state index in [1.165, 1.54) is 6.21 Å². The van der Waals surface area contributed by atoms with Gasteiger partial charge in [0.05, 0.1) is 30.6 Å². The zero-order valence-corrected chi connectivity index (χ0v) is 15.3. The standard InChI is InChI=1S/C15H15Cl3N4O2/c1-3-24-15(23)20-19-7-10-9(2)21-22(14(10)18)8-11-12(16)5-4-6-13(11)17/h4-7H,3,8H2,1-2H3,(H,20,23)/b19-7-. The van der Waals surface area contributed by atoms with Gasteiger partial charge in [-0.3, -0.25) is 0 Å². The van der Waals surface area contributed by atoms with Crippen LogP contribution in [0.2, 0.25) is 15.2 Å². The van der Waals surface area contributed by atoms with Crippen molar-refractivity contribution in [3.63, 3.8) is 0 Å². The molecule has 0 fully saturated rings. The smallest absolute Gasteiger partial charge is 0.427 e. The van der Waals surface area contributed by atoms with Gasteiger partial charge in [0.2, 0.25) is 0 Å². The van der Waals surface area contributed by atoms with Crippen LogP contribution in [0.3, 0.4) is 0 Å². The molecule has 2 aromatic rings. The molecule has 0 spiro atoms. The van der Waals surface area contributed by atoms with E-state index in [0.717, 1.165) is 5.56 Å². The molecule has 0 atom stereocenters. The van der Waals surface area contributed by atoms with Crippen molar-refractivity contribution in [3.8, 4) is 0 Å². The summed E-state index contributed by atoms with van der Waals surface area (Å²) in [5.41, 5.74) is 4.19. The van der Waals surface area contributed by atoms with E-state index in [-0.39, 0.29) is 6.61 Å². The first-order valence-electron chi connectivity index (χ1n) is 7.05. The van der Waals surface area contributed by atoms with Gasteiger partial charge in [0.15, 0.2) is 0 Å². The van der Waals surface area contributed by atoms with E-state index < -0.39 is 6.09 Å². The second-order valence-electron chi connectivity index (χ2n) is 4.74. The third-order valence-corrected chi connectivity index (χ3v) is 4.21. The van der Waals surface area contributed by atoms with Crippen LogP contribution < -0.4 is 5.43 Å². The Hall–Kier alpha value is -1.76. The summed E-state index contributed by atoms with van der Waals surface area (Å²) in [5.74, 6) is 0. The van der Waals surface area contributed by atoms with Crippen molar-refractivity contribution in [1.29, 1.82) is 0 Å².